The Morgan fingerprint density at radius 3 is 2.89 bits per heavy atom. The fraction of sp³-hybridized carbons (Fsp3) is 0.385. The topological polar surface area (TPSA) is 66.4 Å². The van der Waals surface area contributed by atoms with Gasteiger partial charge in [0.05, 0.1) is 4.88 Å². The predicted molar refractivity (Wildman–Crippen MR) is 80.9 cm³/mol. The quantitative estimate of drug-likeness (QED) is 0.759. The van der Waals surface area contributed by atoms with Crippen molar-refractivity contribution in [2.24, 2.45) is 5.92 Å². The smallest absolute Gasteiger partial charge is 0.328 e. The molecule has 0 aliphatic carbocycles. The molecule has 0 saturated heterocycles. The first kappa shape index (κ1) is 15.8. The van der Waals surface area contributed by atoms with Crippen LogP contribution in [-0.4, -0.2) is 35.5 Å². The Morgan fingerprint density at radius 1 is 1.53 bits per heavy atom. The van der Waals surface area contributed by atoms with Crippen molar-refractivity contribution in [2.45, 2.75) is 6.92 Å². The van der Waals surface area contributed by atoms with Gasteiger partial charge in [-0.3, -0.25) is 4.79 Å². The molecular weight excluding hydrogens is 282 g/mol. The number of nitrogens with one attached hydrogen (secondary N) is 1. The van der Waals surface area contributed by atoms with E-state index < -0.39 is 5.97 Å². The summed E-state index contributed by atoms with van der Waals surface area (Å²) in [5, 5.41) is 11.4. The minimum atomic E-state index is -0.995. The highest BCUT2D eigenvalue weighted by Gasteiger charge is 2.09. The van der Waals surface area contributed by atoms with Gasteiger partial charge in [0.2, 0.25) is 0 Å². The van der Waals surface area contributed by atoms with E-state index in [2.05, 4.69) is 12.2 Å². The van der Waals surface area contributed by atoms with Gasteiger partial charge in [-0.25, -0.2) is 4.79 Å². The summed E-state index contributed by atoms with van der Waals surface area (Å²) in [6, 6.07) is 3.45. The summed E-state index contributed by atoms with van der Waals surface area (Å²) >= 11 is 3.04. The zero-order chi connectivity index (χ0) is 14.3. The van der Waals surface area contributed by atoms with Crippen LogP contribution in [0.4, 0.5) is 0 Å². The minimum Gasteiger partial charge on any atom is -0.478 e. The van der Waals surface area contributed by atoms with E-state index in [0.717, 1.165) is 16.7 Å². The van der Waals surface area contributed by atoms with Gasteiger partial charge < -0.3 is 10.4 Å². The van der Waals surface area contributed by atoms with Crippen molar-refractivity contribution in [3.8, 4) is 0 Å². The van der Waals surface area contributed by atoms with Gasteiger partial charge in [-0.05, 0) is 36.1 Å². The van der Waals surface area contributed by atoms with Crippen LogP contribution in [0, 0.1) is 5.92 Å². The summed E-state index contributed by atoms with van der Waals surface area (Å²) in [5.74, 6) is 0.348. The maximum absolute atomic E-state index is 11.9. The molecule has 1 aromatic heterocycles. The van der Waals surface area contributed by atoms with Crippen molar-refractivity contribution in [3.05, 3.63) is 28.0 Å². The van der Waals surface area contributed by atoms with Gasteiger partial charge in [0.25, 0.3) is 5.91 Å². The molecule has 2 N–H and O–H groups in total. The van der Waals surface area contributed by atoms with Crippen LogP contribution >= 0.6 is 23.1 Å². The van der Waals surface area contributed by atoms with E-state index in [1.807, 2.05) is 6.26 Å². The molecule has 0 fully saturated rings. The highest BCUT2D eigenvalue weighted by Crippen LogP contribution is 2.18. The van der Waals surface area contributed by atoms with Crippen LogP contribution in [0.1, 0.15) is 21.5 Å². The number of aliphatic carboxylic acids is 1. The number of amides is 1. The summed E-state index contributed by atoms with van der Waals surface area (Å²) in [4.78, 5) is 23.6. The van der Waals surface area contributed by atoms with E-state index in [1.54, 1.807) is 23.9 Å². The zero-order valence-corrected chi connectivity index (χ0v) is 12.5. The second-order valence-electron chi connectivity index (χ2n) is 4.14. The maximum atomic E-state index is 11.9. The summed E-state index contributed by atoms with van der Waals surface area (Å²) < 4.78 is 0. The fourth-order valence-electron chi connectivity index (χ4n) is 1.42. The molecule has 0 spiro atoms. The molecular formula is C13H17NO3S2. The average Bonchev–Trinajstić information content (AvgIpc) is 2.82. The average molecular weight is 299 g/mol. The van der Waals surface area contributed by atoms with Gasteiger partial charge >= 0.3 is 5.97 Å². The molecule has 19 heavy (non-hydrogen) atoms. The number of thioether (sulfide) groups is 1. The fourth-order valence-corrected chi connectivity index (χ4v) is 2.93. The van der Waals surface area contributed by atoms with Crippen LogP contribution in [0.25, 0.3) is 6.08 Å². The minimum absolute atomic E-state index is 0.104. The highest BCUT2D eigenvalue weighted by molar-refractivity contribution is 7.98. The number of carboxylic acid groups (broad SMARTS) is 1. The highest BCUT2D eigenvalue weighted by atomic mass is 32.2. The van der Waals surface area contributed by atoms with Gasteiger partial charge in [-0.1, -0.05) is 6.92 Å². The van der Waals surface area contributed by atoms with Crippen molar-refractivity contribution in [2.75, 3.05) is 18.6 Å². The molecule has 6 heteroatoms. The molecule has 1 rings (SSSR count). The van der Waals surface area contributed by atoms with Gasteiger partial charge in [0, 0.05) is 17.5 Å². The van der Waals surface area contributed by atoms with E-state index in [4.69, 9.17) is 5.11 Å². The lowest BCUT2D eigenvalue weighted by atomic mass is 10.2. The Morgan fingerprint density at radius 2 is 2.26 bits per heavy atom. The number of hydrogen-bond acceptors (Lipinski definition) is 4. The van der Waals surface area contributed by atoms with E-state index in [0.29, 0.717) is 17.3 Å². The van der Waals surface area contributed by atoms with E-state index in [9.17, 15) is 9.59 Å². The summed E-state index contributed by atoms with van der Waals surface area (Å²) in [6.07, 6.45) is 4.59. The first-order valence-corrected chi connectivity index (χ1v) is 8.02. The molecule has 1 aromatic rings. The standard InChI is InChI=1S/C13H17NO3S2/c1-9(8-18-2)7-14-13(17)11-5-3-10(19-11)4-6-12(15)16/h3-6,9H,7-8H2,1-2H3,(H,14,17)(H,15,16). The molecule has 1 unspecified atom stereocenters. The lowest BCUT2D eigenvalue weighted by Crippen LogP contribution is -2.28. The van der Waals surface area contributed by atoms with Crippen LogP contribution in [-0.2, 0) is 4.79 Å². The van der Waals surface area contributed by atoms with Crippen LogP contribution in [0.5, 0.6) is 0 Å². The summed E-state index contributed by atoms with van der Waals surface area (Å²) in [7, 11) is 0. The van der Waals surface area contributed by atoms with Crippen molar-refractivity contribution in [1.29, 1.82) is 0 Å². The largest absolute Gasteiger partial charge is 0.478 e. The molecule has 0 bridgehead atoms. The summed E-state index contributed by atoms with van der Waals surface area (Å²) in [5.41, 5.74) is 0. The van der Waals surface area contributed by atoms with Gasteiger partial charge in [-0.2, -0.15) is 11.8 Å². The Kier molecular flexibility index (Phi) is 6.66. The predicted octanol–water partition coefficient (Wildman–Crippen LogP) is 2.57. The normalized spacial score (nSPS) is 12.5. The molecule has 0 aliphatic rings. The van der Waals surface area contributed by atoms with Crippen LogP contribution in [0.15, 0.2) is 18.2 Å². The Bertz CT molecular complexity index is 468. The Hall–Kier alpha value is -1.27. The van der Waals surface area contributed by atoms with E-state index in [1.165, 1.54) is 17.4 Å². The molecule has 1 atom stereocenters. The third-order valence-corrected chi connectivity index (χ3v) is 4.25. The molecule has 1 amide bonds. The first-order valence-electron chi connectivity index (χ1n) is 5.81. The molecule has 1 heterocycles. The molecule has 0 radical (unpaired) electrons. The SMILES string of the molecule is CSCC(C)CNC(=O)c1ccc(C=CC(=O)O)s1. The zero-order valence-electron chi connectivity index (χ0n) is 10.9. The van der Waals surface area contributed by atoms with Crippen molar-refractivity contribution >= 4 is 41.1 Å². The third-order valence-electron chi connectivity index (χ3n) is 2.30. The van der Waals surface area contributed by atoms with E-state index >= 15 is 0 Å². The number of carbonyl (C=O) groups excluding carboxylic acids is 1. The number of carbonyl (C=O) groups is 2. The lowest BCUT2D eigenvalue weighted by Gasteiger charge is -2.10. The molecule has 0 aromatic carbocycles. The number of rotatable bonds is 7. The second-order valence-corrected chi connectivity index (χ2v) is 6.17. The van der Waals surface area contributed by atoms with Crippen LogP contribution < -0.4 is 5.32 Å². The van der Waals surface area contributed by atoms with Gasteiger partial charge in [-0.15, -0.1) is 11.3 Å². The second kappa shape index (κ2) is 8.01. The number of hydrogen-bond donors (Lipinski definition) is 2. The molecule has 104 valence electrons. The van der Waals surface area contributed by atoms with Crippen LogP contribution in [0.2, 0.25) is 0 Å². The summed E-state index contributed by atoms with van der Waals surface area (Å²) in [6.45, 7) is 2.74. The monoisotopic (exact) mass is 299 g/mol. The Labute approximate surface area is 120 Å². The van der Waals surface area contributed by atoms with Gasteiger partial charge in [0.15, 0.2) is 0 Å². The molecule has 4 nitrogen and oxygen atoms in total. The lowest BCUT2D eigenvalue weighted by molar-refractivity contribution is -0.131. The van der Waals surface area contributed by atoms with Gasteiger partial charge in [0.1, 0.15) is 0 Å². The van der Waals surface area contributed by atoms with E-state index in [-0.39, 0.29) is 5.91 Å². The number of thiophene rings is 1. The third kappa shape index (κ3) is 5.94. The Balaban J connectivity index is 2.51. The molecule has 0 aliphatic heterocycles. The van der Waals surface area contributed by atoms with Crippen molar-refractivity contribution in [1.82, 2.24) is 5.32 Å². The van der Waals surface area contributed by atoms with Crippen molar-refractivity contribution < 1.29 is 14.7 Å². The number of carboxylic acids is 1. The maximum Gasteiger partial charge on any atom is 0.328 e. The first-order chi connectivity index (χ1) is 9.02. The van der Waals surface area contributed by atoms with Crippen molar-refractivity contribution in [3.63, 3.8) is 0 Å². The van der Waals surface area contributed by atoms with Crippen LogP contribution in [0.3, 0.4) is 0 Å². The molecule has 0 saturated carbocycles.